The van der Waals surface area contributed by atoms with Gasteiger partial charge in [0, 0.05) is 11.0 Å². The van der Waals surface area contributed by atoms with E-state index in [0.717, 1.165) is 28.5 Å². The number of anilines is 1. The molecule has 0 spiro atoms. The van der Waals surface area contributed by atoms with E-state index in [4.69, 9.17) is 0 Å². The van der Waals surface area contributed by atoms with Crippen molar-refractivity contribution in [2.75, 3.05) is 5.32 Å². The van der Waals surface area contributed by atoms with Crippen molar-refractivity contribution in [3.63, 3.8) is 0 Å². The SMILES string of the molecule is Cc1cccc(C)c1CS(=O)(=O)c1ccc2c(c1)NC(=O)/C(=C/c1ccc(O)c([N+](=O)[O-])c1)S2. The third-order valence-electron chi connectivity index (χ3n) is 5.47. The Labute approximate surface area is 200 Å². The summed E-state index contributed by atoms with van der Waals surface area (Å²) in [5, 5.41) is 23.4. The molecule has 1 aliphatic rings. The van der Waals surface area contributed by atoms with E-state index in [1.165, 1.54) is 36.4 Å². The molecule has 10 heteroatoms. The number of aryl methyl sites for hydroxylation is 2. The van der Waals surface area contributed by atoms with Gasteiger partial charge in [-0.25, -0.2) is 8.42 Å². The number of carbonyl (C=O) groups is 1. The van der Waals surface area contributed by atoms with Crippen LogP contribution in [-0.4, -0.2) is 24.4 Å². The molecule has 3 aromatic rings. The zero-order valence-corrected chi connectivity index (χ0v) is 19.9. The molecule has 4 rings (SSSR count). The Bertz CT molecular complexity index is 1460. The molecule has 174 valence electrons. The minimum atomic E-state index is -3.65. The Hall–Kier alpha value is -3.63. The topological polar surface area (TPSA) is 127 Å². The zero-order chi connectivity index (χ0) is 24.6. The number of thioether (sulfide) groups is 1. The molecular weight excluding hydrogens is 476 g/mol. The number of sulfone groups is 1. The summed E-state index contributed by atoms with van der Waals surface area (Å²) in [6.07, 6.45) is 1.47. The normalized spacial score (nSPS) is 14.5. The number of nitrogens with one attached hydrogen (secondary N) is 1. The molecule has 8 nitrogen and oxygen atoms in total. The summed E-state index contributed by atoms with van der Waals surface area (Å²) in [5.41, 5.74) is 2.84. The van der Waals surface area contributed by atoms with Gasteiger partial charge in [-0.1, -0.05) is 36.0 Å². The second kappa shape index (κ2) is 8.96. The van der Waals surface area contributed by atoms with Gasteiger partial charge < -0.3 is 10.4 Å². The predicted molar refractivity (Wildman–Crippen MR) is 130 cm³/mol. The fourth-order valence-corrected chi connectivity index (χ4v) is 6.12. The van der Waals surface area contributed by atoms with E-state index >= 15 is 0 Å². The van der Waals surface area contributed by atoms with E-state index in [-0.39, 0.29) is 15.6 Å². The molecule has 0 bridgehead atoms. The molecule has 1 heterocycles. The van der Waals surface area contributed by atoms with Crippen LogP contribution in [0, 0.1) is 24.0 Å². The van der Waals surface area contributed by atoms with Crippen molar-refractivity contribution < 1.29 is 23.2 Å². The van der Waals surface area contributed by atoms with Crippen LogP contribution in [0.2, 0.25) is 0 Å². The average Bonchev–Trinajstić information content (AvgIpc) is 2.77. The van der Waals surface area contributed by atoms with Gasteiger partial charge in [0.05, 0.1) is 26.2 Å². The second-order valence-electron chi connectivity index (χ2n) is 7.86. The number of amides is 1. The van der Waals surface area contributed by atoms with Gasteiger partial charge >= 0.3 is 5.69 Å². The van der Waals surface area contributed by atoms with Gasteiger partial charge in [-0.2, -0.15) is 0 Å². The number of rotatable bonds is 5. The number of phenols is 1. The van der Waals surface area contributed by atoms with E-state index < -0.39 is 32.1 Å². The molecule has 0 aromatic heterocycles. The third kappa shape index (κ3) is 4.68. The number of fused-ring (bicyclic) bond motifs is 1. The van der Waals surface area contributed by atoms with Crippen LogP contribution in [0.25, 0.3) is 6.08 Å². The Kier molecular flexibility index (Phi) is 6.20. The van der Waals surface area contributed by atoms with Crippen molar-refractivity contribution in [2.24, 2.45) is 0 Å². The van der Waals surface area contributed by atoms with Gasteiger partial charge in [-0.3, -0.25) is 14.9 Å². The average molecular weight is 497 g/mol. The summed E-state index contributed by atoms with van der Waals surface area (Å²) in [6.45, 7) is 3.75. The van der Waals surface area contributed by atoms with E-state index in [2.05, 4.69) is 5.32 Å². The van der Waals surface area contributed by atoms with Gasteiger partial charge in [0.1, 0.15) is 0 Å². The molecule has 0 atom stereocenters. The van der Waals surface area contributed by atoms with Crippen LogP contribution in [0.4, 0.5) is 11.4 Å². The second-order valence-corrected chi connectivity index (χ2v) is 10.9. The molecule has 0 saturated heterocycles. The zero-order valence-electron chi connectivity index (χ0n) is 18.2. The first-order valence-electron chi connectivity index (χ1n) is 10.2. The van der Waals surface area contributed by atoms with Crippen LogP contribution in [0.1, 0.15) is 22.3 Å². The third-order valence-corrected chi connectivity index (χ3v) is 8.21. The highest BCUT2D eigenvalue weighted by molar-refractivity contribution is 8.04. The molecule has 0 radical (unpaired) electrons. The number of nitrogens with zero attached hydrogens (tertiary/aromatic N) is 1. The molecule has 2 N–H and O–H groups in total. The largest absolute Gasteiger partial charge is 0.502 e. The molecule has 0 fully saturated rings. The maximum atomic E-state index is 13.1. The summed E-state index contributed by atoms with van der Waals surface area (Å²) in [7, 11) is -3.65. The molecule has 34 heavy (non-hydrogen) atoms. The minimum Gasteiger partial charge on any atom is -0.502 e. The Balaban J connectivity index is 1.62. The highest BCUT2D eigenvalue weighted by Gasteiger charge is 2.25. The van der Waals surface area contributed by atoms with Crippen molar-refractivity contribution >= 4 is 45.0 Å². The lowest BCUT2D eigenvalue weighted by molar-refractivity contribution is -0.385. The number of nitro groups is 1. The summed E-state index contributed by atoms with van der Waals surface area (Å²) in [6, 6.07) is 14.0. The Morgan fingerprint density at radius 3 is 2.47 bits per heavy atom. The van der Waals surface area contributed by atoms with Gasteiger partial charge in [0.25, 0.3) is 5.91 Å². The van der Waals surface area contributed by atoms with Crippen LogP contribution in [0.5, 0.6) is 5.75 Å². The maximum Gasteiger partial charge on any atom is 0.311 e. The lowest BCUT2D eigenvalue weighted by atomic mass is 10.1. The van der Waals surface area contributed by atoms with Crippen LogP contribution in [-0.2, 0) is 20.4 Å². The standard InChI is InChI=1S/C24H20N2O6S2/c1-14-4-3-5-15(2)18(14)13-34(31,32)17-7-9-22-19(12-17)25-24(28)23(33-22)11-16-6-8-21(27)20(10-16)26(29)30/h3-12,27H,13H2,1-2H3,(H,25,28)/b23-11-. The van der Waals surface area contributed by atoms with Crippen molar-refractivity contribution in [1.82, 2.24) is 0 Å². The van der Waals surface area contributed by atoms with Crippen molar-refractivity contribution in [1.29, 1.82) is 0 Å². The van der Waals surface area contributed by atoms with E-state index in [1.807, 2.05) is 32.0 Å². The number of aromatic hydroxyl groups is 1. The van der Waals surface area contributed by atoms with Gasteiger partial charge in [0.15, 0.2) is 15.6 Å². The number of phenolic OH excluding ortho intramolecular Hbond substituents is 1. The number of nitro benzene ring substituents is 1. The molecular formula is C24H20N2O6S2. The molecule has 1 amide bonds. The molecule has 0 unspecified atom stereocenters. The summed E-state index contributed by atoms with van der Waals surface area (Å²) < 4.78 is 26.2. The lowest BCUT2D eigenvalue weighted by Crippen LogP contribution is -2.18. The Morgan fingerprint density at radius 1 is 1.09 bits per heavy atom. The van der Waals surface area contributed by atoms with Crippen LogP contribution >= 0.6 is 11.8 Å². The highest BCUT2D eigenvalue weighted by Crippen LogP contribution is 2.40. The van der Waals surface area contributed by atoms with Gasteiger partial charge in [-0.15, -0.1) is 0 Å². The van der Waals surface area contributed by atoms with Crippen LogP contribution in [0.15, 0.2) is 69.3 Å². The minimum absolute atomic E-state index is 0.108. The lowest BCUT2D eigenvalue weighted by Gasteiger charge is -2.20. The van der Waals surface area contributed by atoms with Crippen LogP contribution < -0.4 is 5.32 Å². The Morgan fingerprint density at radius 2 is 1.79 bits per heavy atom. The van der Waals surface area contributed by atoms with Crippen molar-refractivity contribution in [2.45, 2.75) is 29.4 Å². The number of hydrogen-bond acceptors (Lipinski definition) is 7. The number of hydrogen-bond donors (Lipinski definition) is 2. The molecule has 1 aliphatic heterocycles. The molecule has 0 saturated carbocycles. The highest BCUT2D eigenvalue weighted by atomic mass is 32.2. The van der Waals surface area contributed by atoms with Crippen LogP contribution in [0.3, 0.4) is 0 Å². The van der Waals surface area contributed by atoms with E-state index in [9.17, 15) is 28.4 Å². The smallest absolute Gasteiger partial charge is 0.311 e. The monoisotopic (exact) mass is 496 g/mol. The molecule has 3 aromatic carbocycles. The predicted octanol–water partition coefficient (Wildman–Crippen LogP) is 4.98. The fraction of sp³-hybridized carbons (Fsp3) is 0.125. The van der Waals surface area contributed by atoms with E-state index in [1.54, 1.807) is 6.07 Å². The first-order valence-corrected chi connectivity index (χ1v) is 12.6. The number of benzene rings is 3. The quantitative estimate of drug-likeness (QED) is 0.290. The van der Waals surface area contributed by atoms with Crippen molar-refractivity contribution in [3.05, 3.63) is 91.9 Å². The van der Waals surface area contributed by atoms with E-state index in [0.29, 0.717) is 16.1 Å². The molecule has 0 aliphatic carbocycles. The first-order chi connectivity index (χ1) is 16.0. The summed E-state index contributed by atoms with van der Waals surface area (Å²) >= 11 is 1.13. The number of carbonyl (C=O) groups excluding carboxylic acids is 1. The van der Waals surface area contributed by atoms with Gasteiger partial charge in [0.2, 0.25) is 0 Å². The van der Waals surface area contributed by atoms with Crippen molar-refractivity contribution in [3.8, 4) is 5.75 Å². The van der Waals surface area contributed by atoms with Gasteiger partial charge in [-0.05, 0) is 66.4 Å². The summed E-state index contributed by atoms with van der Waals surface area (Å²) in [5.74, 6) is -1.07. The first kappa shape index (κ1) is 23.5. The summed E-state index contributed by atoms with van der Waals surface area (Å²) in [4.78, 5) is 24.0. The maximum absolute atomic E-state index is 13.1. The fourth-order valence-electron chi connectivity index (χ4n) is 3.61.